The van der Waals surface area contributed by atoms with Crippen LogP contribution in [0.2, 0.25) is 10.0 Å². The van der Waals surface area contributed by atoms with Crippen LogP contribution in [-0.4, -0.2) is 24.1 Å². The number of hydrogen-bond donors (Lipinski definition) is 2. The molecule has 27 heavy (non-hydrogen) atoms. The number of amides is 2. The number of carbonyl (C=O) groups excluding carboxylic acids is 2. The van der Waals surface area contributed by atoms with Gasteiger partial charge in [-0.15, -0.1) is 0 Å². The average Bonchev–Trinajstić information content (AvgIpc) is 2.54. The molecule has 0 bridgehead atoms. The van der Waals surface area contributed by atoms with Gasteiger partial charge >= 0.3 is 12.1 Å². The smallest absolute Gasteiger partial charge is 0.471 e. The van der Waals surface area contributed by atoms with E-state index in [0.717, 1.165) is 0 Å². The molecule has 1 atom stereocenters. The second kappa shape index (κ2) is 8.49. The maximum absolute atomic E-state index is 12.4. The lowest BCUT2D eigenvalue weighted by Gasteiger charge is -2.18. The summed E-state index contributed by atoms with van der Waals surface area (Å²) in [6, 6.07) is 9.87. The maximum atomic E-state index is 12.4. The van der Waals surface area contributed by atoms with E-state index in [4.69, 9.17) is 27.9 Å². The van der Waals surface area contributed by atoms with Crippen LogP contribution in [0.5, 0.6) is 5.75 Å². The highest BCUT2D eigenvalue weighted by atomic mass is 35.5. The summed E-state index contributed by atoms with van der Waals surface area (Å²) >= 11 is 11.7. The molecule has 0 aliphatic rings. The van der Waals surface area contributed by atoms with Gasteiger partial charge in [-0.3, -0.25) is 9.59 Å². The molecule has 2 amide bonds. The van der Waals surface area contributed by atoms with Gasteiger partial charge in [0, 0.05) is 15.7 Å². The zero-order valence-corrected chi connectivity index (χ0v) is 15.2. The number of rotatable bonds is 5. The Labute approximate surface area is 162 Å². The summed E-state index contributed by atoms with van der Waals surface area (Å²) < 4.78 is 42.7. The lowest BCUT2D eigenvalue weighted by Crippen LogP contribution is -2.32. The van der Waals surface area contributed by atoms with Crippen molar-refractivity contribution in [1.29, 1.82) is 0 Å². The molecule has 10 heteroatoms. The van der Waals surface area contributed by atoms with E-state index in [1.807, 2.05) is 0 Å². The van der Waals surface area contributed by atoms with Crippen LogP contribution in [0.1, 0.15) is 6.92 Å². The minimum absolute atomic E-state index is 0.0955. The van der Waals surface area contributed by atoms with Crippen LogP contribution in [0.25, 0.3) is 0 Å². The predicted molar refractivity (Wildman–Crippen MR) is 96.3 cm³/mol. The van der Waals surface area contributed by atoms with Crippen molar-refractivity contribution >= 4 is 46.4 Å². The Kier molecular flexibility index (Phi) is 6.56. The van der Waals surface area contributed by atoms with Gasteiger partial charge in [0.2, 0.25) is 0 Å². The molecule has 2 aromatic rings. The van der Waals surface area contributed by atoms with Crippen LogP contribution < -0.4 is 15.4 Å². The zero-order valence-electron chi connectivity index (χ0n) is 13.7. The third kappa shape index (κ3) is 6.04. The van der Waals surface area contributed by atoms with Gasteiger partial charge in [-0.2, -0.15) is 13.2 Å². The van der Waals surface area contributed by atoms with Crippen molar-refractivity contribution in [2.75, 3.05) is 10.6 Å². The second-order valence-corrected chi connectivity index (χ2v) is 6.23. The minimum atomic E-state index is -5.05. The van der Waals surface area contributed by atoms with Crippen molar-refractivity contribution in [3.63, 3.8) is 0 Å². The largest absolute Gasteiger partial charge is 0.479 e. The van der Waals surface area contributed by atoms with E-state index in [1.54, 1.807) is 5.32 Å². The van der Waals surface area contributed by atoms with Crippen molar-refractivity contribution in [3.05, 3.63) is 52.5 Å². The minimum Gasteiger partial charge on any atom is -0.479 e. The Morgan fingerprint density at radius 2 is 1.63 bits per heavy atom. The van der Waals surface area contributed by atoms with Gasteiger partial charge in [0.15, 0.2) is 6.10 Å². The number of halogens is 5. The number of benzene rings is 2. The second-order valence-electron chi connectivity index (χ2n) is 5.36. The lowest BCUT2D eigenvalue weighted by atomic mass is 10.2. The number of nitrogens with one attached hydrogen (secondary N) is 2. The summed E-state index contributed by atoms with van der Waals surface area (Å²) in [5, 5.41) is 4.86. The van der Waals surface area contributed by atoms with Crippen molar-refractivity contribution in [2.45, 2.75) is 19.2 Å². The molecule has 0 aliphatic carbocycles. The Balaban J connectivity index is 2.10. The molecule has 0 saturated heterocycles. The average molecular weight is 421 g/mol. The first kappa shape index (κ1) is 20.9. The fraction of sp³-hybridized carbons (Fsp3) is 0.176. The molecule has 0 heterocycles. The molecular weight excluding hydrogens is 408 g/mol. The standard InChI is InChI=1S/C17H13Cl2F3N2O3/c1-9(15(25)23-12-7-10(18)6-11(19)8-12)27-14-5-3-2-4-13(14)24-16(26)17(20,21)22/h2-9H,1H3,(H,23,25)(H,24,26). The van der Waals surface area contributed by atoms with E-state index in [0.29, 0.717) is 15.7 Å². The summed E-state index contributed by atoms with van der Waals surface area (Å²) in [7, 11) is 0. The van der Waals surface area contributed by atoms with Gasteiger partial charge in [-0.05, 0) is 37.3 Å². The molecule has 0 fully saturated rings. The van der Waals surface area contributed by atoms with E-state index >= 15 is 0 Å². The van der Waals surface area contributed by atoms with E-state index in [2.05, 4.69) is 5.32 Å². The van der Waals surface area contributed by atoms with Crippen LogP contribution in [0.4, 0.5) is 24.5 Å². The van der Waals surface area contributed by atoms with E-state index in [-0.39, 0.29) is 11.4 Å². The number of hydrogen-bond acceptors (Lipinski definition) is 3. The Morgan fingerprint density at radius 1 is 1.04 bits per heavy atom. The molecule has 2 N–H and O–H groups in total. The highest BCUT2D eigenvalue weighted by Crippen LogP contribution is 2.28. The van der Waals surface area contributed by atoms with Crippen molar-refractivity contribution in [1.82, 2.24) is 0 Å². The molecule has 0 aromatic heterocycles. The molecule has 0 spiro atoms. The van der Waals surface area contributed by atoms with Gasteiger partial charge in [0.05, 0.1) is 5.69 Å². The van der Waals surface area contributed by atoms with Crippen LogP contribution in [-0.2, 0) is 9.59 Å². The van der Waals surface area contributed by atoms with Gasteiger partial charge in [-0.1, -0.05) is 35.3 Å². The number of ether oxygens (including phenoxy) is 1. The topological polar surface area (TPSA) is 67.4 Å². The van der Waals surface area contributed by atoms with E-state index in [9.17, 15) is 22.8 Å². The molecule has 5 nitrogen and oxygen atoms in total. The van der Waals surface area contributed by atoms with Crippen molar-refractivity contribution < 1.29 is 27.5 Å². The number of carbonyl (C=O) groups is 2. The lowest BCUT2D eigenvalue weighted by molar-refractivity contribution is -0.167. The van der Waals surface area contributed by atoms with Crippen molar-refractivity contribution in [2.24, 2.45) is 0 Å². The quantitative estimate of drug-likeness (QED) is 0.722. The Morgan fingerprint density at radius 3 is 2.22 bits per heavy atom. The highest BCUT2D eigenvalue weighted by Gasteiger charge is 2.39. The van der Waals surface area contributed by atoms with Gasteiger partial charge in [0.25, 0.3) is 5.91 Å². The third-order valence-electron chi connectivity index (χ3n) is 3.20. The van der Waals surface area contributed by atoms with Crippen LogP contribution in [0, 0.1) is 0 Å². The highest BCUT2D eigenvalue weighted by molar-refractivity contribution is 6.35. The van der Waals surface area contributed by atoms with Gasteiger partial charge in [0.1, 0.15) is 5.75 Å². The third-order valence-corrected chi connectivity index (χ3v) is 3.63. The zero-order chi connectivity index (χ0) is 20.2. The van der Waals surface area contributed by atoms with Gasteiger partial charge < -0.3 is 15.4 Å². The van der Waals surface area contributed by atoms with Crippen LogP contribution >= 0.6 is 23.2 Å². The normalized spacial score (nSPS) is 12.2. The van der Waals surface area contributed by atoms with Crippen molar-refractivity contribution in [3.8, 4) is 5.75 Å². The summed E-state index contributed by atoms with van der Waals surface area (Å²) in [4.78, 5) is 23.4. The molecule has 0 aliphatic heterocycles. The summed E-state index contributed by atoms with van der Waals surface area (Å²) in [5.74, 6) is -2.84. The molecule has 1 unspecified atom stereocenters. The fourth-order valence-electron chi connectivity index (χ4n) is 1.98. The summed E-state index contributed by atoms with van der Waals surface area (Å²) in [6.07, 6.45) is -6.14. The molecular formula is C17H13Cl2F3N2O3. The first-order valence-corrected chi connectivity index (χ1v) is 8.22. The number of anilines is 2. The maximum Gasteiger partial charge on any atom is 0.471 e. The van der Waals surface area contributed by atoms with E-state index < -0.39 is 24.1 Å². The predicted octanol–water partition coefficient (Wildman–Crippen LogP) is 4.90. The first-order valence-electron chi connectivity index (χ1n) is 7.47. The summed E-state index contributed by atoms with van der Waals surface area (Å²) in [6.45, 7) is 1.39. The first-order chi connectivity index (χ1) is 12.6. The Bertz CT molecular complexity index is 839. The van der Waals surface area contributed by atoms with E-state index in [1.165, 1.54) is 49.4 Å². The summed E-state index contributed by atoms with van der Waals surface area (Å²) in [5.41, 5.74) is 0.108. The SMILES string of the molecule is CC(Oc1ccccc1NC(=O)C(F)(F)F)C(=O)Nc1cc(Cl)cc(Cl)c1. The number of alkyl halides is 3. The van der Waals surface area contributed by atoms with Crippen LogP contribution in [0.3, 0.4) is 0 Å². The monoisotopic (exact) mass is 420 g/mol. The van der Waals surface area contributed by atoms with Crippen LogP contribution in [0.15, 0.2) is 42.5 Å². The molecule has 2 aromatic carbocycles. The molecule has 0 saturated carbocycles. The molecule has 0 radical (unpaired) electrons. The van der Waals surface area contributed by atoms with Gasteiger partial charge in [-0.25, -0.2) is 0 Å². The molecule has 2 rings (SSSR count). The molecule has 144 valence electrons. The number of para-hydroxylation sites is 2. The fourth-order valence-corrected chi connectivity index (χ4v) is 2.51. The Hall–Kier alpha value is -2.45.